The van der Waals surface area contributed by atoms with Gasteiger partial charge in [-0.25, -0.2) is 9.78 Å². The fourth-order valence-corrected chi connectivity index (χ4v) is 5.23. The van der Waals surface area contributed by atoms with Gasteiger partial charge in [-0.15, -0.1) is 0 Å². The molecular formula is C28H31FN6O4. The lowest BCUT2D eigenvalue weighted by molar-refractivity contribution is 0.0304. The Morgan fingerprint density at radius 3 is 2.72 bits per heavy atom. The standard InChI is InChI=1S/C28H31FN6O4/c1-33-16-23(37-2)24(17-33)39-27-25(29)26(21-9-11-31-14-22(21)32-27)34-12-13-35(20(15-34)8-10-30)28(36)38-18-19-6-4-3-5-7-19/h3-7,9,11,14,20,23-24H,8,12-13,15-18H2,1-2H3/t20?,23-,24-/m1/s1. The van der Waals surface area contributed by atoms with Gasteiger partial charge < -0.3 is 24.0 Å². The van der Waals surface area contributed by atoms with Gasteiger partial charge in [-0.2, -0.15) is 9.65 Å². The summed E-state index contributed by atoms with van der Waals surface area (Å²) in [5.41, 5.74) is 1.68. The van der Waals surface area contributed by atoms with Crippen LogP contribution in [0.1, 0.15) is 12.0 Å². The molecule has 39 heavy (non-hydrogen) atoms. The smallest absolute Gasteiger partial charge is 0.410 e. The first kappa shape index (κ1) is 26.6. The van der Waals surface area contributed by atoms with E-state index < -0.39 is 18.0 Å². The van der Waals surface area contributed by atoms with Crippen molar-refractivity contribution >= 4 is 22.7 Å². The number of nitrogens with zero attached hydrogens (tertiary/aromatic N) is 6. The number of amides is 1. The summed E-state index contributed by atoms with van der Waals surface area (Å²) >= 11 is 0. The second kappa shape index (κ2) is 11.8. The molecule has 0 aliphatic carbocycles. The van der Waals surface area contributed by atoms with Gasteiger partial charge >= 0.3 is 6.09 Å². The lowest BCUT2D eigenvalue weighted by Gasteiger charge is -2.41. The number of hydrogen-bond donors (Lipinski definition) is 0. The van der Waals surface area contributed by atoms with Gasteiger partial charge in [0.05, 0.1) is 35.9 Å². The van der Waals surface area contributed by atoms with Crippen LogP contribution in [0.2, 0.25) is 0 Å². The Kier molecular flexibility index (Phi) is 8.05. The number of nitriles is 1. The number of halogens is 1. The minimum absolute atomic E-state index is 0.0798. The van der Waals surface area contributed by atoms with Crippen molar-refractivity contribution in [3.63, 3.8) is 0 Å². The molecule has 204 valence electrons. The molecule has 2 aliphatic rings. The lowest BCUT2D eigenvalue weighted by Crippen LogP contribution is -2.55. The van der Waals surface area contributed by atoms with Crippen molar-refractivity contribution in [2.75, 3.05) is 51.8 Å². The molecule has 3 aromatic rings. The zero-order chi connectivity index (χ0) is 27.4. The molecule has 0 N–H and O–H groups in total. The lowest BCUT2D eigenvalue weighted by atomic mass is 10.1. The number of rotatable bonds is 7. The van der Waals surface area contributed by atoms with Crippen LogP contribution >= 0.6 is 0 Å². The van der Waals surface area contributed by atoms with Gasteiger partial charge in [0, 0.05) is 51.4 Å². The van der Waals surface area contributed by atoms with Crippen LogP contribution in [0.25, 0.3) is 10.9 Å². The van der Waals surface area contributed by atoms with Crippen LogP contribution in [0.3, 0.4) is 0 Å². The van der Waals surface area contributed by atoms with Crippen molar-refractivity contribution < 1.29 is 23.4 Å². The average Bonchev–Trinajstić information content (AvgIpc) is 3.31. The van der Waals surface area contributed by atoms with Gasteiger partial charge in [-0.3, -0.25) is 9.88 Å². The Hall–Kier alpha value is -4.01. The molecule has 2 saturated heterocycles. The molecule has 0 saturated carbocycles. The number of methoxy groups -OCH3 is 1. The highest BCUT2D eigenvalue weighted by molar-refractivity contribution is 5.92. The number of ether oxygens (including phenoxy) is 3. The topological polar surface area (TPSA) is 104 Å². The SMILES string of the molecule is CO[C@@H]1CN(C)C[C@H]1Oc1nc2cnccc2c(N2CCN(C(=O)OCc3ccccc3)C(CC#N)C2)c1F. The Bertz CT molecular complexity index is 1350. The van der Waals surface area contributed by atoms with E-state index in [1.165, 1.54) is 0 Å². The maximum atomic E-state index is 16.2. The number of anilines is 1. The maximum Gasteiger partial charge on any atom is 0.410 e. The molecule has 1 unspecified atom stereocenters. The second-order valence-corrected chi connectivity index (χ2v) is 9.82. The monoisotopic (exact) mass is 534 g/mol. The van der Waals surface area contributed by atoms with E-state index >= 15 is 4.39 Å². The third-order valence-electron chi connectivity index (χ3n) is 7.20. The third-order valence-corrected chi connectivity index (χ3v) is 7.20. The molecule has 0 bridgehead atoms. The summed E-state index contributed by atoms with van der Waals surface area (Å²) in [6.45, 7) is 2.24. The number of benzene rings is 1. The number of piperazine rings is 1. The summed E-state index contributed by atoms with van der Waals surface area (Å²) < 4.78 is 33.3. The highest BCUT2D eigenvalue weighted by Gasteiger charge is 2.36. The summed E-state index contributed by atoms with van der Waals surface area (Å²) in [5, 5.41) is 10.1. The molecular weight excluding hydrogens is 503 g/mol. The molecule has 10 nitrogen and oxygen atoms in total. The van der Waals surface area contributed by atoms with E-state index in [1.807, 2.05) is 42.3 Å². The predicted molar refractivity (Wildman–Crippen MR) is 142 cm³/mol. The summed E-state index contributed by atoms with van der Waals surface area (Å²) in [6.07, 6.45) is 2.15. The van der Waals surface area contributed by atoms with Crippen LogP contribution < -0.4 is 9.64 Å². The van der Waals surface area contributed by atoms with E-state index in [2.05, 4.69) is 20.9 Å². The van der Waals surface area contributed by atoms with Gasteiger partial charge in [-0.1, -0.05) is 30.3 Å². The number of carbonyl (C=O) groups is 1. The molecule has 5 rings (SSSR count). The molecule has 3 atom stereocenters. The molecule has 2 aliphatic heterocycles. The molecule has 1 amide bonds. The first-order valence-corrected chi connectivity index (χ1v) is 12.9. The van der Waals surface area contributed by atoms with Gasteiger partial charge in [0.25, 0.3) is 5.88 Å². The summed E-state index contributed by atoms with van der Waals surface area (Å²) in [4.78, 5) is 27.0. The van der Waals surface area contributed by atoms with Crippen LogP contribution in [-0.2, 0) is 16.1 Å². The van der Waals surface area contributed by atoms with Crippen LogP contribution in [0.15, 0.2) is 48.8 Å². The van der Waals surface area contributed by atoms with E-state index in [4.69, 9.17) is 14.2 Å². The average molecular weight is 535 g/mol. The largest absolute Gasteiger partial charge is 0.468 e. The van der Waals surface area contributed by atoms with Gasteiger partial charge in [0.1, 0.15) is 18.8 Å². The van der Waals surface area contributed by atoms with E-state index in [0.29, 0.717) is 36.2 Å². The number of likely N-dealkylation sites (tertiary alicyclic amines) is 1. The van der Waals surface area contributed by atoms with Crippen molar-refractivity contribution in [3.8, 4) is 11.9 Å². The van der Waals surface area contributed by atoms with E-state index in [9.17, 15) is 10.1 Å². The first-order valence-electron chi connectivity index (χ1n) is 12.9. The molecule has 11 heteroatoms. The van der Waals surface area contributed by atoms with E-state index in [0.717, 1.165) is 5.56 Å². The summed E-state index contributed by atoms with van der Waals surface area (Å²) in [7, 11) is 3.56. The number of fused-ring (bicyclic) bond motifs is 1. The van der Waals surface area contributed by atoms with Gasteiger partial charge in [0.2, 0.25) is 5.82 Å². The summed E-state index contributed by atoms with van der Waals surface area (Å²) in [6, 6.07) is 12.8. The minimum atomic E-state index is -0.589. The van der Waals surface area contributed by atoms with Gasteiger partial charge in [0.15, 0.2) is 0 Å². The molecule has 4 heterocycles. The van der Waals surface area contributed by atoms with Crippen LogP contribution in [-0.4, -0.2) is 91.0 Å². The van der Waals surface area contributed by atoms with Crippen molar-refractivity contribution in [1.29, 1.82) is 5.26 Å². The Morgan fingerprint density at radius 2 is 1.95 bits per heavy atom. The fourth-order valence-electron chi connectivity index (χ4n) is 5.23. The van der Waals surface area contributed by atoms with Crippen molar-refractivity contribution in [1.82, 2.24) is 19.8 Å². The normalized spacial score (nSPS) is 21.6. The second-order valence-electron chi connectivity index (χ2n) is 9.82. The van der Waals surface area contributed by atoms with Crippen molar-refractivity contribution in [2.24, 2.45) is 0 Å². The van der Waals surface area contributed by atoms with Gasteiger partial charge in [-0.05, 0) is 18.7 Å². The maximum absolute atomic E-state index is 16.2. The highest BCUT2D eigenvalue weighted by Crippen LogP contribution is 2.36. The predicted octanol–water partition coefficient (Wildman–Crippen LogP) is 3.22. The Morgan fingerprint density at radius 1 is 1.15 bits per heavy atom. The summed E-state index contributed by atoms with van der Waals surface area (Å²) in [5.74, 6) is -0.705. The number of likely N-dealkylation sites (N-methyl/N-ethyl adjacent to an activating group) is 1. The van der Waals surface area contributed by atoms with Crippen molar-refractivity contribution in [2.45, 2.75) is 31.3 Å². The van der Waals surface area contributed by atoms with Crippen LogP contribution in [0.5, 0.6) is 5.88 Å². The van der Waals surface area contributed by atoms with Crippen LogP contribution in [0.4, 0.5) is 14.9 Å². The fraction of sp³-hybridized carbons (Fsp3) is 0.429. The minimum Gasteiger partial charge on any atom is -0.468 e. The zero-order valence-electron chi connectivity index (χ0n) is 22.0. The number of aromatic nitrogens is 2. The molecule has 0 spiro atoms. The Labute approximate surface area is 226 Å². The number of pyridine rings is 2. The molecule has 2 fully saturated rings. The number of carbonyl (C=O) groups excluding carboxylic acids is 1. The molecule has 0 radical (unpaired) electrons. The highest BCUT2D eigenvalue weighted by atomic mass is 19.1. The van der Waals surface area contributed by atoms with E-state index in [1.54, 1.807) is 30.5 Å². The van der Waals surface area contributed by atoms with Crippen LogP contribution in [0, 0.1) is 17.1 Å². The molecule has 2 aromatic heterocycles. The quantitative estimate of drug-likeness (QED) is 0.452. The van der Waals surface area contributed by atoms with E-state index in [-0.39, 0.29) is 44.2 Å². The number of hydrogen-bond acceptors (Lipinski definition) is 9. The first-order chi connectivity index (χ1) is 19.0. The third kappa shape index (κ3) is 5.72. The Balaban J connectivity index is 1.39. The zero-order valence-corrected chi connectivity index (χ0v) is 22.0. The molecule has 1 aromatic carbocycles. The van der Waals surface area contributed by atoms with Crippen molar-refractivity contribution in [3.05, 3.63) is 60.2 Å².